The van der Waals surface area contributed by atoms with Crippen LogP contribution in [0.1, 0.15) is 18.0 Å². The molecule has 1 aliphatic rings. The molecule has 0 aromatic heterocycles. The molecule has 94 valence electrons. The summed E-state index contributed by atoms with van der Waals surface area (Å²) in [4.78, 5) is 0. The third-order valence-electron chi connectivity index (χ3n) is 2.46. The molecule has 1 unspecified atom stereocenters. The van der Waals surface area contributed by atoms with Gasteiger partial charge in [-0.3, -0.25) is 0 Å². The van der Waals surface area contributed by atoms with E-state index >= 15 is 0 Å². The van der Waals surface area contributed by atoms with Crippen molar-refractivity contribution in [3.63, 3.8) is 0 Å². The van der Waals surface area contributed by atoms with Gasteiger partial charge in [-0.05, 0) is 12.1 Å². The zero-order valence-electron chi connectivity index (χ0n) is 8.96. The van der Waals surface area contributed by atoms with Crippen molar-refractivity contribution in [2.75, 3.05) is 13.2 Å². The minimum absolute atomic E-state index is 0.172. The third kappa shape index (κ3) is 3.03. The van der Waals surface area contributed by atoms with Crippen LogP contribution in [0.4, 0.5) is 13.2 Å². The van der Waals surface area contributed by atoms with Crippen LogP contribution in [0.2, 0.25) is 0 Å². The fourth-order valence-electron chi connectivity index (χ4n) is 1.59. The molecule has 0 bridgehead atoms. The van der Waals surface area contributed by atoms with Gasteiger partial charge in [0.1, 0.15) is 18.1 Å². The Balaban J connectivity index is 1.95. The molecule has 2 N–H and O–H groups in total. The number of alkyl halides is 3. The van der Waals surface area contributed by atoms with Gasteiger partial charge in [-0.15, -0.1) is 0 Å². The number of rotatable bonds is 3. The van der Waals surface area contributed by atoms with Crippen LogP contribution >= 0.6 is 0 Å². The van der Waals surface area contributed by atoms with Crippen LogP contribution in [0, 0.1) is 0 Å². The van der Waals surface area contributed by atoms with E-state index in [4.69, 9.17) is 15.2 Å². The highest BCUT2D eigenvalue weighted by molar-refractivity contribution is 5.44. The zero-order chi connectivity index (χ0) is 12.5. The number of nitrogens with two attached hydrogens (primary N) is 1. The van der Waals surface area contributed by atoms with Crippen molar-refractivity contribution in [1.29, 1.82) is 0 Å². The molecule has 17 heavy (non-hydrogen) atoms. The first-order valence-corrected chi connectivity index (χ1v) is 5.17. The van der Waals surface area contributed by atoms with E-state index in [2.05, 4.69) is 0 Å². The summed E-state index contributed by atoms with van der Waals surface area (Å²) < 4.78 is 46.0. The molecule has 0 saturated carbocycles. The van der Waals surface area contributed by atoms with E-state index in [1.54, 1.807) is 18.2 Å². The summed E-state index contributed by atoms with van der Waals surface area (Å²) in [6, 6.07) is 4.72. The van der Waals surface area contributed by atoms with Gasteiger partial charge in [0.25, 0.3) is 0 Å². The van der Waals surface area contributed by atoms with Gasteiger partial charge in [-0.1, -0.05) is 0 Å². The number of fused-ring (bicyclic) bond motifs is 1. The monoisotopic (exact) mass is 247 g/mol. The fourth-order valence-corrected chi connectivity index (χ4v) is 1.59. The molecule has 2 rings (SSSR count). The van der Waals surface area contributed by atoms with E-state index in [0.717, 1.165) is 5.56 Å². The zero-order valence-corrected chi connectivity index (χ0v) is 8.96. The highest BCUT2D eigenvalue weighted by Gasteiger charge is 2.27. The molecular weight excluding hydrogens is 235 g/mol. The largest absolute Gasteiger partial charge is 0.493 e. The first-order valence-electron chi connectivity index (χ1n) is 5.17. The fraction of sp³-hybridized carbons (Fsp3) is 0.455. The van der Waals surface area contributed by atoms with Crippen molar-refractivity contribution >= 4 is 0 Å². The first kappa shape index (κ1) is 12.0. The molecule has 1 aromatic carbocycles. The van der Waals surface area contributed by atoms with Crippen molar-refractivity contribution < 1.29 is 22.6 Å². The van der Waals surface area contributed by atoms with Crippen LogP contribution in [0.5, 0.6) is 11.5 Å². The Morgan fingerprint density at radius 1 is 1.41 bits per heavy atom. The van der Waals surface area contributed by atoms with E-state index in [1.165, 1.54) is 0 Å². The lowest BCUT2D eigenvalue weighted by molar-refractivity contribution is -0.139. The van der Waals surface area contributed by atoms with Crippen LogP contribution in [0.3, 0.4) is 0 Å². The van der Waals surface area contributed by atoms with Gasteiger partial charge in [0.2, 0.25) is 0 Å². The molecule has 3 nitrogen and oxygen atoms in total. The van der Waals surface area contributed by atoms with Gasteiger partial charge in [-0.2, -0.15) is 13.2 Å². The van der Waals surface area contributed by atoms with Gasteiger partial charge >= 0.3 is 6.18 Å². The predicted molar refractivity (Wildman–Crippen MR) is 55.0 cm³/mol. The molecule has 1 heterocycles. The second-order valence-electron chi connectivity index (χ2n) is 3.83. The molecule has 0 amide bonds. The molecule has 0 saturated heterocycles. The maximum Gasteiger partial charge on any atom is 0.392 e. The molecule has 1 atom stereocenters. The van der Waals surface area contributed by atoms with Crippen LogP contribution in [0.25, 0.3) is 0 Å². The second-order valence-corrected chi connectivity index (χ2v) is 3.83. The molecule has 0 spiro atoms. The van der Waals surface area contributed by atoms with E-state index in [-0.39, 0.29) is 6.04 Å². The second kappa shape index (κ2) is 4.44. The molecular formula is C11H12F3NO2. The Labute approximate surface area is 96.3 Å². The Morgan fingerprint density at radius 2 is 2.18 bits per heavy atom. The van der Waals surface area contributed by atoms with Gasteiger partial charge < -0.3 is 15.2 Å². The summed E-state index contributed by atoms with van der Waals surface area (Å²) >= 11 is 0. The number of hydrogen-bond acceptors (Lipinski definition) is 3. The van der Waals surface area contributed by atoms with Crippen LogP contribution < -0.4 is 15.2 Å². The Morgan fingerprint density at radius 3 is 2.88 bits per heavy atom. The minimum Gasteiger partial charge on any atom is -0.493 e. The van der Waals surface area contributed by atoms with Gasteiger partial charge in [0.15, 0.2) is 0 Å². The summed E-state index contributed by atoms with van der Waals surface area (Å²) in [7, 11) is 0. The lowest BCUT2D eigenvalue weighted by atomic mass is 10.1. The van der Waals surface area contributed by atoms with Crippen LogP contribution in [-0.4, -0.2) is 19.4 Å². The SMILES string of the molecule is NC1COc2cc(OCCC(F)(F)F)ccc21. The average Bonchev–Trinajstić information content (AvgIpc) is 2.58. The van der Waals surface area contributed by atoms with Gasteiger partial charge in [0, 0.05) is 11.6 Å². The van der Waals surface area contributed by atoms with Crippen LogP contribution in [0.15, 0.2) is 18.2 Å². The van der Waals surface area contributed by atoms with Crippen molar-refractivity contribution in [3.8, 4) is 11.5 Å². The number of ether oxygens (including phenoxy) is 2. The summed E-state index contributed by atoms with van der Waals surface area (Å²) in [6.45, 7) is -0.00429. The third-order valence-corrected chi connectivity index (χ3v) is 2.46. The average molecular weight is 247 g/mol. The molecule has 0 radical (unpaired) electrons. The minimum atomic E-state index is -4.20. The first-order chi connectivity index (χ1) is 7.96. The topological polar surface area (TPSA) is 44.5 Å². The molecule has 0 aliphatic carbocycles. The van der Waals surface area contributed by atoms with Crippen molar-refractivity contribution in [2.45, 2.75) is 18.6 Å². The Hall–Kier alpha value is -1.43. The normalized spacial score (nSPS) is 18.7. The van der Waals surface area contributed by atoms with E-state index in [1.807, 2.05) is 0 Å². The summed E-state index contributed by atoms with van der Waals surface area (Å²) in [5, 5.41) is 0. The highest BCUT2D eigenvalue weighted by atomic mass is 19.4. The van der Waals surface area contributed by atoms with Crippen molar-refractivity contribution in [1.82, 2.24) is 0 Å². The molecule has 6 heteroatoms. The van der Waals surface area contributed by atoms with Crippen molar-refractivity contribution in [2.24, 2.45) is 5.73 Å². The van der Waals surface area contributed by atoms with E-state index in [9.17, 15) is 13.2 Å². The Kier molecular flexibility index (Phi) is 3.15. The predicted octanol–water partition coefficient (Wildman–Crippen LogP) is 2.41. The standard InChI is InChI=1S/C11H12F3NO2/c12-11(13,14)3-4-16-7-1-2-8-9(15)6-17-10(8)5-7/h1-2,5,9H,3-4,6,15H2. The quantitative estimate of drug-likeness (QED) is 0.892. The lowest BCUT2D eigenvalue weighted by Crippen LogP contribution is -2.13. The lowest BCUT2D eigenvalue weighted by Gasteiger charge is -2.09. The summed E-state index contributed by atoms with van der Waals surface area (Å²) in [5.41, 5.74) is 6.59. The number of benzene rings is 1. The van der Waals surface area contributed by atoms with Gasteiger partial charge in [-0.25, -0.2) is 0 Å². The smallest absolute Gasteiger partial charge is 0.392 e. The van der Waals surface area contributed by atoms with Crippen LogP contribution in [-0.2, 0) is 0 Å². The molecule has 0 fully saturated rings. The summed E-state index contributed by atoms with van der Waals surface area (Å²) in [6.07, 6.45) is -5.17. The number of halogens is 3. The molecule has 1 aromatic rings. The maximum atomic E-state index is 11.9. The van der Waals surface area contributed by atoms with Gasteiger partial charge in [0.05, 0.1) is 19.1 Å². The van der Waals surface area contributed by atoms with Crippen molar-refractivity contribution in [3.05, 3.63) is 23.8 Å². The van der Waals surface area contributed by atoms with E-state index in [0.29, 0.717) is 18.1 Å². The number of hydrogen-bond donors (Lipinski definition) is 1. The molecule has 1 aliphatic heterocycles. The van der Waals surface area contributed by atoms with E-state index < -0.39 is 19.2 Å². The Bertz CT molecular complexity index is 406. The maximum absolute atomic E-state index is 11.9. The highest BCUT2D eigenvalue weighted by Crippen LogP contribution is 2.34. The summed E-state index contributed by atoms with van der Waals surface area (Å²) in [5.74, 6) is 0.948.